The van der Waals surface area contributed by atoms with Gasteiger partial charge in [-0.15, -0.1) is 0 Å². The van der Waals surface area contributed by atoms with Crippen LogP contribution in [0.5, 0.6) is 0 Å². The van der Waals surface area contributed by atoms with Crippen LogP contribution >= 0.6 is 0 Å². The lowest BCUT2D eigenvalue weighted by molar-refractivity contribution is 0.542. The van der Waals surface area contributed by atoms with Crippen molar-refractivity contribution in [3.63, 3.8) is 0 Å². The fraction of sp³-hybridized carbons (Fsp3) is 0. The molecule has 0 aliphatic rings. The minimum absolute atomic E-state index is 0.565. The normalized spacial score (nSPS) is 12.1. The van der Waals surface area contributed by atoms with E-state index >= 15 is 0 Å². The lowest BCUT2D eigenvalue weighted by Crippen LogP contribution is -2.01. The topological polar surface area (TPSA) is 52.2 Å². The van der Waals surface area contributed by atoms with Crippen molar-refractivity contribution in [3.05, 3.63) is 54.6 Å². The largest absolute Gasteiger partial charge is 0.755 e. The molecule has 1 N–H and O–H groups in total. The highest BCUT2D eigenvalue weighted by Gasteiger charge is 1.97. The summed E-state index contributed by atoms with van der Waals surface area (Å²) in [6.07, 6.45) is 0. The highest BCUT2D eigenvalue weighted by Crippen LogP contribution is 2.22. The van der Waals surface area contributed by atoms with Crippen molar-refractivity contribution >= 4 is 17.0 Å². The molecule has 2 aromatic carbocycles. The summed E-state index contributed by atoms with van der Waals surface area (Å²) in [6, 6.07) is 17.1. The quantitative estimate of drug-likeness (QED) is 0.827. The van der Waals surface area contributed by atoms with Gasteiger partial charge in [0.15, 0.2) is 0 Å². The van der Waals surface area contributed by atoms with E-state index in [2.05, 4.69) is 4.72 Å². The van der Waals surface area contributed by atoms with Gasteiger partial charge < -0.3 is 9.27 Å². The molecule has 0 amide bonds. The van der Waals surface area contributed by atoms with Crippen molar-refractivity contribution in [2.75, 3.05) is 4.72 Å². The van der Waals surface area contributed by atoms with Crippen LogP contribution in [0.4, 0.5) is 5.69 Å². The predicted octanol–water partition coefficient (Wildman–Crippen LogP) is 2.56. The Kier molecular flexibility index (Phi) is 3.34. The van der Waals surface area contributed by atoms with E-state index in [1.165, 1.54) is 0 Å². The predicted molar refractivity (Wildman–Crippen MR) is 64.4 cm³/mol. The molecule has 0 heterocycles. The van der Waals surface area contributed by atoms with Gasteiger partial charge in [-0.25, -0.2) is 0 Å². The molecule has 0 fully saturated rings. The van der Waals surface area contributed by atoms with E-state index < -0.39 is 11.3 Å². The molecule has 0 bridgehead atoms. The number of hydrogen-bond donors (Lipinski definition) is 1. The Balaban J connectivity index is 2.33. The van der Waals surface area contributed by atoms with Crippen LogP contribution in [0.3, 0.4) is 0 Å². The third kappa shape index (κ3) is 2.68. The van der Waals surface area contributed by atoms with Gasteiger partial charge in [-0.2, -0.15) is 0 Å². The number of nitrogens with one attached hydrogen (secondary N) is 1. The molecule has 0 aromatic heterocycles. The van der Waals surface area contributed by atoms with Crippen molar-refractivity contribution in [2.45, 2.75) is 0 Å². The summed E-state index contributed by atoms with van der Waals surface area (Å²) in [5.74, 6) is 0. The first-order chi connectivity index (χ1) is 7.75. The van der Waals surface area contributed by atoms with Crippen molar-refractivity contribution < 1.29 is 8.76 Å². The zero-order valence-corrected chi connectivity index (χ0v) is 9.24. The smallest absolute Gasteiger partial charge is 0.0458 e. The number of benzene rings is 2. The fourth-order valence-corrected chi connectivity index (χ4v) is 1.81. The van der Waals surface area contributed by atoms with E-state index in [9.17, 15) is 8.76 Å². The molecule has 0 saturated heterocycles. The first-order valence-electron chi connectivity index (χ1n) is 4.77. The number of hydrogen-bond acceptors (Lipinski definition) is 2. The Hall–Kier alpha value is -1.65. The van der Waals surface area contributed by atoms with Gasteiger partial charge in [0.05, 0.1) is 0 Å². The average molecular weight is 232 g/mol. The molecule has 0 radical (unpaired) electrons. The maximum Gasteiger partial charge on any atom is 0.0458 e. The van der Waals surface area contributed by atoms with Crippen molar-refractivity contribution in [2.24, 2.45) is 0 Å². The fourth-order valence-electron chi connectivity index (χ4n) is 1.49. The summed E-state index contributed by atoms with van der Waals surface area (Å²) in [7, 11) is 0. The van der Waals surface area contributed by atoms with Gasteiger partial charge in [-0.3, -0.25) is 4.21 Å². The molecule has 1 atom stereocenters. The van der Waals surface area contributed by atoms with Gasteiger partial charge >= 0.3 is 0 Å². The molecule has 1 unspecified atom stereocenters. The molecular formula is C12H10NO2S-. The molecule has 0 saturated carbocycles. The monoisotopic (exact) mass is 232 g/mol. The minimum atomic E-state index is -2.28. The zero-order chi connectivity index (χ0) is 11.4. The lowest BCUT2D eigenvalue weighted by atomic mass is 10.1. The second-order valence-electron chi connectivity index (χ2n) is 3.28. The Bertz CT molecular complexity index is 499. The van der Waals surface area contributed by atoms with E-state index in [-0.39, 0.29) is 0 Å². The molecule has 82 valence electrons. The minimum Gasteiger partial charge on any atom is -0.755 e. The van der Waals surface area contributed by atoms with E-state index in [1.807, 2.05) is 42.5 Å². The van der Waals surface area contributed by atoms with Crippen molar-refractivity contribution in [1.29, 1.82) is 0 Å². The first kappa shape index (κ1) is 10.9. The van der Waals surface area contributed by atoms with Gasteiger partial charge in [0, 0.05) is 17.0 Å². The van der Waals surface area contributed by atoms with Crippen LogP contribution in [0, 0.1) is 0 Å². The molecule has 3 nitrogen and oxygen atoms in total. The molecule has 0 aliphatic carbocycles. The van der Waals surface area contributed by atoms with Crippen LogP contribution in [0.15, 0.2) is 54.6 Å². The SMILES string of the molecule is O=S([O-])Nc1cccc(-c2ccccc2)c1. The highest BCUT2D eigenvalue weighted by atomic mass is 32.2. The Labute approximate surface area is 96.6 Å². The first-order valence-corrected chi connectivity index (χ1v) is 5.84. The van der Waals surface area contributed by atoms with Crippen molar-refractivity contribution in [1.82, 2.24) is 0 Å². The zero-order valence-electron chi connectivity index (χ0n) is 8.42. The van der Waals surface area contributed by atoms with Gasteiger partial charge in [-0.05, 0) is 23.3 Å². The summed E-state index contributed by atoms with van der Waals surface area (Å²) in [4.78, 5) is 0. The summed E-state index contributed by atoms with van der Waals surface area (Å²) in [5, 5.41) is 0. The van der Waals surface area contributed by atoms with Crippen LogP contribution in [0.1, 0.15) is 0 Å². The van der Waals surface area contributed by atoms with Crippen LogP contribution < -0.4 is 4.72 Å². The number of rotatable bonds is 3. The molecule has 4 heteroatoms. The van der Waals surface area contributed by atoms with Crippen LogP contribution in [-0.2, 0) is 11.3 Å². The maximum atomic E-state index is 10.5. The van der Waals surface area contributed by atoms with Crippen molar-refractivity contribution in [3.8, 4) is 11.1 Å². The van der Waals surface area contributed by atoms with Gasteiger partial charge in [0.2, 0.25) is 0 Å². The second kappa shape index (κ2) is 4.92. The van der Waals surface area contributed by atoms with Gasteiger partial charge in [0.25, 0.3) is 0 Å². The highest BCUT2D eigenvalue weighted by molar-refractivity contribution is 7.80. The van der Waals surface area contributed by atoms with Gasteiger partial charge in [0.1, 0.15) is 0 Å². The van der Waals surface area contributed by atoms with Gasteiger partial charge in [-0.1, -0.05) is 42.5 Å². The standard InChI is InChI=1S/C12H11NO2S/c14-16(15)13-12-8-4-7-11(9-12)10-5-2-1-3-6-10/h1-9,13H,(H,14,15)/p-1. The van der Waals surface area contributed by atoms with E-state index in [4.69, 9.17) is 0 Å². The number of anilines is 1. The third-order valence-electron chi connectivity index (χ3n) is 2.17. The lowest BCUT2D eigenvalue weighted by Gasteiger charge is -2.09. The van der Waals surface area contributed by atoms with Crippen LogP contribution in [0.25, 0.3) is 11.1 Å². The van der Waals surface area contributed by atoms with E-state index in [0.29, 0.717) is 5.69 Å². The van der Waals surface area contributed by atoms with E-state index in [0.717, 1.165) is 11.1 Å². The van der Waals surface area contributed by atoms with Crippen LogP contribution in [0.2, 0.25) is 0 Å². The molecule has 16 heavy (non-hydrogen) atoms. The summed E-state index contributed by atoms with van der Waals surface area (Å²) < 4.78 is 23.3. The summed E-state index contributed by atoms with van der Waals surface area (Å²) in [6.45, 7) is 0. The summed E-state index contributed by atoms with van der Waals surface area (Å²) in [5.41, 5.74) is 2.61. The average Bonchev–Trinajstić information content (AvgIpc) is 2.30. The van der Waals surface area contributed by atoms with Crippen LogP contribution in [-0.4, -0.2) is 8.76 Å². The molecule has 2 aromatic rings. The second-order valence-corrected chi connectivity index (χ2v) is 3.96. The third-order valence-corrected chi connectivity index (χ3v) is 2.57. The summed E-state index contributed by atoms with van der Waals surface area (Å²) >= 11 is -2.28. The van der Waals surface area contributed by atoms with E-state index in [1.54, 1.807) is 12.1 Å². The molecular weight excluding hydrogens is 222 g/mol. The molecule has 0 spiro atoms. The Morgan fingerprint density at radius 3 is 2.31 bits per heavy atom. The Morgan fingerprint density at radius 1 is 0.938 bits per heavy atom. The maximum absolute atomic E-state index is 10.5. The molecule has 0 aliphatic heterocycles. The molecule has 2 rings (SSSR count). The Morgan fingerprint density at radius 2 is 1.62 bits per heavy atom.